The van der Waals surface area contributed by atoms with Crippen LogP contribution in [0.2, 0.25) is 0 Å². The van der Waals surface area contributed by atoms with E-state index in [1.807, 2.05) is 77.9 Å². The van der Waals surface area contributed by atoms with E-state index in [9.17, 15) is 9.59 Å². The maximum Gasteiger partial charge on any atom is 0.344 e. The molecular formula is C70H58N2O8. The van der Waals surface area contributed by atoms with Crippen molar-refractivity contribution < 1.29 is 38.2 Å². The topological polar surface area (TPSA) is 127 Å². The second-order valence-corrected chi connectivity index (χ2v) is 21.6. The third-order valence-electron chi connectivity index (χ3n) is 17.4. The first-order valence-electron chi connectivity index (χ1n) is 27.3. The zero-order valence-corrected chi connectivity index (χ0v) is 46.1. The Bertz CT molecular complexity index is 4080. The van der Waals surface area contributed by atoms with E-state index in [1.54, 1.807) is 84.9 Å². The van der Waals surface area contributed by atoms with Gasteiger partial charge in [-0.1, -0.05) is 116 Å². The smallest absolute Gasteiger partial charge is 0.344 e. The van der Waals surface area contributed by atoms with Crippen LogP contribution in [0, 0.1) is 55.4 Å². The normalized spacial score (nSPS) is 14.9. The molecule has 0 saturated heterocycles. The third-order valence-corrected chi connectivity index (χ3v) is 17.4. The minimum Gasteiger partial charge on any atom is -0.423 e. The van der Waals surface area contributed by atoms with Crippen molar-refractivity contribution in [1.29, 1.82) is 0 Å². The van der Waals surface area contributed by atoms with Crippen molar-refractivity contribution >= 4 is 63.3 Å². The fourth-order valence-corrected chi connectivity index (χ4v) is 13.2. The van der Waals surface area contributed by atoms with Crippen LogP contribution in [0.5, 0.6) is 11.5 Å². The van der Waals surface area contributed by atoms with E-state index in [0.29, 0.717) is 50.3 Å². The van der Waals surface area contributed by atoms with Crippen molar-refractivity contribution in [2.75, 3.05) is 9.80 Å². The number of rotatable bonds is 10. The molecule has 0 unspecified atom stereocenters. The van der Waals surface area contributed by atoms with Gasteiger partial charge in [0, 0.05) is 0 Å². The molecule has 10 nitrogen and oxygen atoms in total. The lowest BCUT2D eigenvalue weighted by Crippen LogP contribution is -2.32. The number of carbonyl (C=O) groups is 6. The Labute approximate surface area is 465 Å². The number of hydrogen-bond donors (Lipinski definition) is 0. The summed E-state index contributed by atoms with van der Waals surface area (Å²) in [5, 5.41) is 1.31. The molecule has 0 atom stereocenters. The lowest BCUT2D eigenvalue weighted by Gasteiger charge is -2.27. The Morgan fingerprint density at radius 2 is 0.812 bits per heavy atom. The van der Waals surface area contributed by atoms with Gasteiger partial charge in [-0.05, 0) is 211 Å². The van der Waals surface area contributed by atoms with Gasteiger partial charge in [-0.3, -0.25) is 19.2 Å². The maximum atomic E-state index is 15.6. The lowest BCUT2D eigenvalue weighted by molar-refractivity contribution is 0.0722. The average Bonchev–Trinajstić information content (AvgIpc) is 4.41. The van der Waals surface area contributed by atoms with Crippen molar-refractivity contribution in [2.45, 2.75) is 93.4 Å². The van der Waals surface area contributed by atoms with Crippen molar-refractivity contribution in [2.24, 2.45) is 0 Å². The molecule has 2 aliphatic carbocycles. The molecule has 396 valence electrons. The number of para-hydroxylation sites is 2. The molecule has 0 radical (unpaired) electrons. The fraction of sp³-hybridized carbons (Fsp3) is 0.200. The molecule has 80 heavy (non-hydrogen) atoms. The molecule has 1 fully saturated rings. The van der Waals surface area contributed by atoms with Crippen LogP contribution >= 0.6 is 0 Å². The summed E-state index contributed by atoms with van der Waals surface area (Å²) in [6.45, 7) is 15.9. The highest BCUT2D eigenvalue weighted by molar-refractivity contribution is 6.40. The van der Waals surface area contributed by atoms with E-state index in [1.165, 1.54) is 15.4 Å². The molecule has 10 heteroatoms. The molecule has 12 rings (SSSR count). The highest BCUT2D eigenvalue weighted by Gasteiger charge is 2.46. The highest BCUT2D eigenvalue weighted by atomic mass is 16.5. The van der Waals surface area contributed by atoms with Crippen LogP contribution in [0.4, 0.5) is 11.4 Å². The van der Waals surface area contributed by atoms with E-state index < -0.39 is 35.6 Å². The van der Waals surface area contributed by atoms with Gasteiger partial charge in [0.25, 0.3) is 23.6 Å². The predicted molar refractivity (Wildman–Crippen MR) is 314 cm³/mol. The summed E-state index contributed by atoms with van der Waals surface area (Å²) in [6, 6.07) is 34.9. The Kier molecular flexibility index (Phi) is 12.8. The van der Waals surface area contributed by atoms with Crippen LogP contribution in [0.1, 0.15) is 156 Å². The highest BCUT2D eigenvalue weighted by Crippen LogP contribution is 2.49. The number of esters is 2. The number of allylic oxidation sites excluding steroid dienone is 4. The minimum absolute atomic E-state index is 0.0453. The molecule has 4 aliphatic rings. The molecule has 8 aromatic carbocycles. The zero-order valence-electron chi connectivity index (χ0n) is 46.1. The van der Waals surface area contributed by atoms with E-state index >= 15 is 19.2 Å². The Morgan fingerprint density at radius 1 is 0.425 bits per heavy atom. The summed E-state index contributed by atoms with van der Waals surface area (Å²) in [4.78, 5) is 93.0. The molecule has 0 spiro atoms. The van der Waals surface area contributed by atoms with Crippen molar-refractivity contribution in [1.82, 2.24) is 0 Å². The molecule has 2 aliphatic heterocycles. The summed E-state index contributed by atoms with van der Waals surface area (Å²) < 4.78 is 11.7. The second-order valence-electron chi connectivity index (χ2n) is 21.6. The Hall–Kier alpha value is -9.28. The predicted octanol–water partition coefficient (Wildman–Crippen LogP) is 15.7. The first-order valence-corrected chi connectivity index (χ1v) is 27.3. The first kappa shape index (κ1) is 51.5. The average molecular weight is 1060 g/mol. The molecule has 4 amide bonds. The van der Waals surface area contributed by atoms with Gasteiger partial charge in [0.2, 0.25) is 0 Å². The SMILES string of the molecule is Cc1c(C)c(N2C(=O)c3c(C(=O)Oc4ccccc4)ccc(-c4ccc(-c5ccc(C(=O)Oc6ccccc6)c6c5C(=O)N(c5c(C)c(C)c(C7CCCC7)c(C)c5C)C6=O)c5ccccc45)c3C2=O)c(C)c(C)c1C1=CCC=C1. The summed E-state index contributed by atoms with van der Waals surface area (Å²) in [5.74, 6) is -3.06. The number of nitrogens with zero attached hydrogens (tertiary/aromatic N) is 2. The largest absolute Gasteiger partial charge is 0.423 e. The fourth-order valence-electron chi connectivity index (χ4n) is 13.2. The van der Waals surface area contributed by atoms with E-state index in [0.717, 1.165) is 87.7 Å². The molecule has 0 bridgehead atoms. The van der Waals surface area contributed by atoms with E-state index in [2.05, 4.69) is 32.1 Å². The maximum absolute atomic E-state index is 15.6. The number of fused-ring (bicyclic) bond motifs is 3. The summed E-state index contributed by atoms with van der Waals surface area (Å²) in [6.07, 6.45) is 11.7. The van der Waals surface area contributed by atoms with Gasteiger partial charge >= 0.3 is 11.9 Å². The van der Waals surface area contributed by atoms with Crippen molar-refractivity contribution in [3.05, 3.63) is 229 Å². The number of imide groups is 2. The number of carbonyl (C=O) groups excluding carboxylic acids is 6. The number of amides is 4. The summed E-state index contributed by atoms with van der Waals surface area (Å²) >= 11 is 0. The number of ether oxygens (including phenoxy) is 2. The third kappa shape index (κ3) is 7.98. The summed E-state index contributed by atoms with van der Waals surface area (Å²) in [7, 11) is 0. The van der Waals surface area contributed by atoms with Gasteiger partial charge in [0.1, 0.15) is 11.5 Å². The monoisotopic (exact) mass is 1050 g/mol. The van der Waals surface area contributed by atoms with Gasteiger partial charge in [0.15, 0.2) is 0 Å². The standard InChI is InChI=1S/C70H58N2O8/c1-37-41(5)63(42(6)38(2)57(37)45-21-15-16-22-45)71-65(73)59-53(33-35-55(61(59)67(71)75)69(77)79-47-25-11-9-12-26-47)51-31-32-52(50-30-20-19-29-49(50)51)54-34-36-56(70(78)80-48-27-13-10-14-28-48)62-60(54)66(74)72(68(62)76)64-43(7)39(3)58(40(4)44(64)8)46-23-17-18-24-46/h9-15,19-22,25-36,46H,16-18,23-24H2,1-8H3. The van der Waals surface area contributed by atoms with Crippen LogP contribution in [-0.2, 0) is 0 Å². The van der Waals surface area contributed by atoms with Crippen LogP contribution in [-0.4, -0.2) is 35.6 Å². The molecular weight excluding hydrogens is 997 g/mol. The van der Waals surface area contributed by atoms with Crippen LogP contribution < -0.4 is 19.3 Å². The quantitative estimate of drug-likeness (QED) is 0.0753. The molecule has 0 aromatic heterocycles. The Balaban J connectivity index is 1.03. The van der Waals surface area contributed by atoms with E-state index in [4.69, 9.17) is 9.47 Å². The van der Waals surface area contributed by atoms with Gasteiger partial charge in [0.05, 0.1) is 44.8 Å². The molecule has 2 heterocycles. The molecule has 0 N–H and O–H groups in total. The number of benzene rings is 8. The lowest BCUT2D eigenvalue weighted by atomic mass is 9.83. The van der Waals surface area contributed by atoms with Gasteiger partial charge in [-0.2, -0.15) is 0 Å². The van der Waals surface area contributed by atoms with E-state index in [-0.39, 0.29) is 44.9 Å². The van der Waals surface area contributed by atoms with Crippen LogP contribution in [0.25, 0.3) is 38.6 Å². The Morgan fingerprint density at radius 3 is 1.23 bits per heavy atom. The van der Waals surface area contributed by atoms with Crippen molar-refractivity contribution in [3.8, 4) is 33.8 Å². The van der Waals surface area contributed by atoms with Crippen LogP contribution in [0.3, 0.4) is 0 Å². The van der Waals surface area contributed by atoms with Gasteiger partial charge in [-0.15, -0.1) is 0 Å². The first-order chi connectivity index (χ1) is 38.6. The molecule has 1 saturated carbocycles. The zero-order chi connectivity index (χ0) is 56.0. The van der Waals surface area contributed by atoms with Gasteiger partial charge < -0.3 is 9.47 Å². The second kappa shape index (κ2) is 19.9. The molecule has 8 aromatic rings. The van der Waals surface area contributed by atoms with Crippen molar-refractivity contribution in [3.63, 3.8) is 0 Å². The number of anilines is 2. The minimum atomic E-state index is -0.794. The summed E-state index contributed by atoms with van der Waals surface area (Å²) in [5.41, 5.74) is 13.4. The number of hydrogen-bond acceptors (Lipinski definition) is 8. The van der Waals surface area contributed by atoms with Crippen LogP contribution in [0.15, 0.2) is 140 Å². The van der Waals surface area contributed by atoms with Gasteiger partial charge in [-0.25, -0.2) is 19.4 Å².